The van der Waals surface area contributed by atoms with Crippen molar-refractivity contribution in [3.05, 3.63) is 22.4 Å². The summed E-state index contributed by atoms with van der Waals surface area (Å²) in [5.74, 6) is -0.508. The van der Waals surface area contributed by atoms with Crippen LogP contribution in [0.15, 0.2) is 17.5 Å². The van der Waals surface area contributed by atoms with Gasteiger partial charge in [-0.05, 0) is 31.7 Å². The van der Waals surface area contributed by atoms with E-state index in [1.165, 1.54) is 0 Å². The minimum absolute atomic E-state index is 0.292. The summed E-state index contributed by atoms with van der Waals surface area (Å²) in [5, 5.41) is 2.05. The Labute approximate surface area is 82.5 Å². The average molecular weight is 198 g/mol. The van der Waals surface area contributed by atoms with Crippen LogP contribution in [0.1, 0.15) is 25.1 Å². The topological polar surface area (TPSA) is 18.5 Å². The molecule has 0 aromatic carbocycles. The van der Waals surface area contributed by atoms with Gasteiger partial charge in [-0.15, -0.1) is 11.3 Å². The van der Waals surface area contributed by atoms with Crippen LogP contribution in [0.5, 0.6) is 0 Å². The average Bonchev–Trinajstić information content (AvgIpc) is 2.55. The summed E-state index contributed by atoms with van der Waals surface area (Å²) in [6.45, 7) is 4.87. The summed E-state index contributed by atoms with van der Waals surface area (Å²) in [5.41, 5.74) is 0. The molecule has 0 unspecified atom stereocenters. The Bertz CT molecular complexity index is 270. The second-order valence-corrected chi connectivity index (χ2v) is 4.44. The monoisotopic (exact) mass is 198 g/mol. The molecule has 2 atom stereocenters. The van der Waals surface area contributed by atoms with Gasteiger partial charge in [0.1, 0.15) is 0 Å². The van der Waals surface area contributed by atoms with Crippen molar-refractivity contribution in [3.8, 4) is 0 Å². The Kier molecular flexibility index (Phi) is 2.41. The molecule has 1 aromatic heterocycles. The van der Waals surface area contributed by atoms with Gasteiger partial charge < -0.3 is 9.47 Å². The smallest absolute Gasteiger partial charge is 0.201 e. The van der Waals surface area contributed by atoms with Crippen LogP contribution in [0.2, 0.25) is 0 Å². The van der Waals surface area contributed by atoms with E-state index >= 15 is 0 Å². The predicted octanol–water partition coefficient (Wildman–Crippen LogP) is 2.75. The lowest BCUT2D eigenvalue weighted by Crippen LogP contribution is -2.38. The van der Waals surface area contributed by atoms with Crippen molar-refractivity contribution in [1.29, 1.82) is 0 Å². The zero-order valence-corrected chi connectivity index (χ0v) is 8.76. The molecule has 0 amide bonds. The molecule has 0 aliphatic carbocycles. The molecule has 1 aliphatic rings. The Morgan fingerprint density at radius 1 is 1.62 bits per heavy atom. The van der Waals surface area contributed by atoms with Crippen LogP contribution in [0, 0.1) is 0 Å². The zero-order valence-electron chi connectivity index (χ0n) is 7.95. The summed E-state index contributed by atoms with van der Waals surface area (Å²) in [4.78, 5) is 1.15. The van der Waals surface area contributed by atoms with Crippen molar-refractivity contribution in [2.45, 2.75) is 32.2 Å². The van der Waals surface area contributed by atoms with Crippen LogP contribution in [0.25, 0.3) is 0 Å². The molecule has 0 spiro atoms. The van der Waals surface area contributed by atoms with Crippen LogP contribution in [-0.4, -0.2) is 12.7 Å². The largest absolute Gasteiger partial charge is 0.345 e. The molecule has 0 radical (unpaired) electrons. The van der Waals surface area contributed by atoms with Gasteiger partial charge >= 0.3 is 0 Å². The Morgan fingerprint density at radius 3 is 3.08 bits per heavy atom. The lowest BCUT2D eigenvalue weighted by molar-refractivity contribution is -0.287. The van der Waals surface area contributed by atoms with Crippen LogP contribution in [-0.2, 0) is 15.3 Å². The van der Waals surface area contributed by atoms with E-state index in [4.69, 9.17) is 9.47 Å². The fourth-order valence-electron chi connectivity index (χ4n) is 1.56. The highest BCUT2D eigenvalue weighted by Gasteiger charge is 2.34. The first-order valence-electron chi connectivity index (χ1n) is 4.56. The third-order valence-corrected chi connectivity index (χ3v) is 3.35. The highest BCUT2D eigenvalue weighted by Crippen LogP contribution is 2.35. The third kappa shape index (κ3) is 1.77. The molecule has 1 aliphatic heterocycles. The number of rotatable bonds is 1. The maximum atomic E-state index is 5.81. The van der Waals surface area contributed by atoms with E-state index in [1.54, 1.807) is 11.3 Å². The molecular weight excluding hydrogens is 184 g/mol. The quantitative estimate of drug-likeness (QED) is 0.690. The maximum Gasteiger partial charge on any atom is 0.201 e. The molecule has 2 heterocycles. The van der Waals surface area contributed by atoms with Crippen molar-refractivity contribution >= 4 is 11.3 Å². The molecule has 72 valence electrons. The number of hydrogen-bond donors (Lipinski definition) is 0. The van der Waals surface area contributed by atoms with Gasteiger partial charge in [-0.25, -0.2) is 0 Å². The summed E-state index contributed by atoms with van der Waals surface area (Å²) in [7, 11) is 0. The predicted molar refractivity (Wildman–Crippen MR) is 52.8 cm³/mol. The van der Waals surface area contributed by atoms with E-state index in [0.717, 1.165) is 17.9 Å². The van der Waals surface area contributed by atoms with Crippen molar-refractivity contribution < 1.29 is 9.47 Å². The molecule has 1 saturated heterocycles. The fraction of sp³-hybridized carbons (Fsp3) is 0.600. The van der Waals surface area contributed by atoms with E-state index < -0.39 is 5.79 Å². The van der Waals surface area contributed by atoms with Crippen molar-refractivity contribution in [2.75, 3.05) is 6.61 Å². The van der Waals surface area contributed by atoms with Crippen LogP contribution in [0.4, 0.5) is 0 Å². The number of thiophene rings is 1. The van der Waals surface area contributed by atoms with Crippen molar-refractivity contribution in [3.63, 3.8) is 0 Å². The molecule has 2 nitrogen and oxygen atoms in total. The summed E-state index contributed by atoms with van der Waals surface area (Å²) in [6, 6.07) is 4.08. The van der Waals surface area contributed by atoms with Crippen LogP contribution < -0.4 is 0 Å². The normalized spacial score (nSPS) is 34.8. The summed E-state index contributed by atoms with van der Waals surface area (Å²) in [6.07, 6.45) is 1.28. The molecule has 0 saturated carbocycles. The van der Waals surface area contributed by atoms with E-state index in [1.807, 2.05) is 18.4 Å². The van der Waals surface area contributed by atoms with E-state index in [0.29, 0.717) is 6.10 Å². The zero-order chi connectivity index (χ0) is 9.31. The Morgan fingerprint density at radius 2 is 2.46 bits per heavy atom. The summed E-state index contributed by atoms with van der Waals surface area (Å²) < 4.78 is 11.5. The van der Waals surface area contributed by atoms with Crippen LogP contribution in [0.3, 0.4) is 0 Å². The van der Waals surface area contributed by atoms with Gasteiger partial charge in [-0.1, -0.05) is 6.07 Å². The third-order valence-electron chi connectivity index (χ3n) is 2.30. The van der Waals surface area contributed by atoms with Crippen LogP contribution >= 0.6 is 11.3 Å². The van der Waals surface area contributed by atoms with Gasteiger partial charge in [0.05, 0.1) is 17.6 Å². The molecule has 0 N–H and O–H groups in total. The standard InChI is InChI=1S/C10H14O2S/c1-8-5-6-11-10(2,12-8)9-4-3-7-13-9/h3-4,7-8H,5-6H2,1-2H3/t8-,10-/m1/s1. The number of ether oxygens (including phenoxy) is 2. The Balaban J connectivity index is 2.20. The van der Waals surface area contributed by atoms with E-state index in [9.17, 15) is 0 Å². The first-order valence-corrected chi connectivity index (χ1v) is 5.44. The SMILES string of the molecule is C[C@@H]1CCO[C@@](C)(c2cccs2)O1. The molecule has 0 bridgehead atoms. The Hall–Kier alpha value is -0.380. The van der Waals surface area contributed by atoms with Gasteiger partial charge in [0, 0.05) is 0 Å². The lowest BCUT2D eigenvalue weighted by Gasteiger charge is -2.36. The van der Waals surface area contributed by atoms with E-state index in [-0.39, 0.29) is 0 Å². The lowest BCUT2D eigenvalue weighted by atomic mass is 10.2. The highest BCUT2D eigenvalue weighted by atomic mass is 32.1. The number of hydrogen-bond acceptors (Lipinski definition) is 3. The summed E-state index contributed by atoms with van der Waals surface area (Å²) >= 11 is 1.68. The van der Waals surface area contributed by atoms with Gasteiger partial charge in [-0.3, -0.25) is 0 Å². The van der Waals surface area contributed by atoms with Crippen molar-refractivity contribution in [2.24, 2.45) is 0 Å². The fourth-order valence-corrected chi connectivity index (χ4v) is 2.34. The maximum absolute atomic E-state index is 5.81. The minimum atomic E-state index is -0.508. The molecular formula is C10H14O2S. The first kappa shape index (κ1) is 9.19. The van der Waals surface area contributed by atoms with Gasteiger partial charge in [0.2, 0.25) is 5.79 Å². The first-order chi connectivity index (χ1) is 6.21. The molecule has 3 heteroatoms. The second-order valence-electron chi connectivity index (χ2n) is 3.49. The highest BCUT2D eigenvalue weighted by molar-refractivity contribution is 7.10. The molecule has 1 fully saturated rings. The van der Waals surface area contributed by atoms with Crippen molar-refractivity contribution in [1.82, 2.24) is 0 Å². The molecule has 2 rings (SSSR count). The van der Waals surface area contributed by atoms with Gasteiger partial charge in [0.15, 0.2) is 0 Å². The second kappa shape index (κ2) is 3.40. The molecule has 13 heavy (non-hydrogen) atoms. The van der Waals surface area contributed by atoms with E-state index in [2.05, 4.69) is 13.0 Å². The molecule has 1 aromatic rings. The van der Waals surface area contributed by atoms with Gasteiger partial charge in [0.25, 0.3) is 0 Å². The van der Waals surface area contributed by atoms with Gasteiger partial charge in [-0.2, -0.15) is 0 Å². The minimum Gasteiger partial charge on any atom is -0.345 e.